The summed E-state index contributed by atoms with van der Waals surface area (Å²) in [6, 6.07) is 11.0. The molecule has 0 bridgehead atoms. The van der Waals surface area contributed by atoms with Crippen LogP contribution in [-0.4, -0.2) is 14.2 Å². The van der Waals surface area contributed by atoms with E-state index in [1.807, 2.05) is 6.07 Å². The Balaban J connectivity index is 2.31. The summed E-state index contributed by atoms with van der Waals surface area (Å²) < 4.78 is 27.4. The van der Waals surface area contributed by atoms with Gasteiger partial charge < -0.3 is 0 Å². The molecule has 0 spiro atoms. The van der Waals surface area contributed by atoms with E-state index in [1.165, 1.54) is 31.2 Å². The molecule has 0 unspecified atom stereocenters. The lowest BCUT2D eigenvalue weighted by molar-refractivity contribution is 0.101. The first-order valence-electron chi connectivity index (χ1n) is 7.44. The van der Waals surface area contributed by atoms with Crippen LogP contribution in [-0.2, 0) is 15.4 Å². The van der Waals surface area contributed by atoms with E-state index in [2.05, 4.69) is 25.5 Å². The number of hydrogen-bond acceptors (Lipinski definition) is 3. The van der Waals surface area contributed by atoms with Gasteiger partial charge in [0.1, 0.15) is 0 Å². The van der Waals surface area contributed by atoms with Gasteiger partial charge in [0.25, 0.3) is 10.0 Å². The second-order valence-electron chi connectivity index (χ2n) is 6.63. The van der Waals surface area contributed by atoms with Crippen molar-refractivity contribution in [3.63, 3.8) is 0 Å². The van der Waals surface area contributed by atoms with Gasteiger partial charge in [-0.2, -0.15) is 0 Å². The van der Waals surface area contributed by atoms with Crippen molar-refractivity contribution < 1.29 is 13.2 Å². The summed E-state index contributed by atoms with van der Waals surface area (Å²) in [5, 5.41) is 0.339. The van der Waals surface area contributed by atoms with Gasteiger partial charge in [-0.3, -0.25) is 9.52 Å². The fourth-order valence-electron chi connectivity index (χ4n) is 2.14. The van der Waals surface area contributed by atoms with E-state index in [-0.39, 0.29) is 16.1 Å². The Kier molecular flexibility index (Phi) is 5.06. The summed E-state index contributed by atoms with van der Waals surface area (Å²) in [5.41, 5.74) is 1.71. The Morgan fingerprint density at radius 2 is 1.62 bits per heavy atom. The number of anilines is 1. The molecule has 4 nitrogen and oxygen atoms in total. The Morgan fingerprint density at radius 3 is 2.08 bits per heavy atom. The van der Waals surface area contributed by atoms with E-state index < -0.39 is 10.0 Å². The predicted molar refractivity (Wildman–Crippen MR) is 97.4 cm³/mol. The lowest BCUT2D eigenvalue weighted by atomic mass is 9.87. The van der Waals surface area contributed by atoms with Crippen molar-refractivity contribution in [2.24, 2.45) is 0 Å². The Labute approximate surface area is 147 Å². The van der Waals surface area contributed by atoms with Crippen molar-refractivity contribution in [3.05, 3.63) is 58.6 Å². The summed E-state index contributed by atoms with van der Waals surface area (Å²) >= 11 is 6.22. The van der Waals surface area contributed by atoms with Crippen LogP contribution in [0.2, 0.25) is 5.02 Å². The second-order valence-corrected chi connectivity index (χ2v) is 8.72. The van der Waals surface area contributed by atoms with Crippen LogP contribution in [0, 0.1) is 0 Å². The number of carbonyl (C=O) groups is 1. The van der Waals surface area contributed by atoms with Gasteiger partial charge in [-0.25, -0.2) is 8.42 Å². The van der Waals surface area contributed by atoms with Gasteiger partial charge >= 0.3 is 0 Å². The minimum absolute atomic E-state index is 0.0727. The fourth-order valence-corrected chi connectivity index (χ4v) is 3.50. The molecule has 0 aliphatic heterocycles. The van der Waals surface area contributed by atoms with E-state index in [1.54, 1.807) is 12.1 Å². The Bertz CT molecular complexity index is 866. The zero-order valence-corrected chi connectivity index (χ0v) is 15.6. The number of sulfonamides is 1. The highest BCUT2D eigenvalue weighted by molar-refractivity contribution is 7.92. The van der Waals surface area contributed by atoms with Crippen LogP contribution in [0.15, 0.2) is 47.4 Å². The van der Waals surface area contributed by atoms with Crippen LogP contribution in [0.3, 0.4) is 0 Å². The van der Waals surface area contributed by atoms with Gasteiger partial charge in [-0.1, -0.05) is 50.6 Å². The second kappa shape index (κ2) is 6.57. The average molecular weight is 366 g/mol. The maximum absolute atomic E-state index is 12.5. The number of hydrogen-bond donors (Lipinski definition) is 1. The molecule has 2 rings (SSSR count). The SMILES string of the molecule is CC(=O)c1ccc(S(=O)(=O)Nc2ccc(C(C)(C)C)cc2Cl)cc1. The highest BCUT2D eigenvalue weighted by Gasteiger charge is 2.19. The molecule has 0 saturated heterocycles. The lowest BCUT2D eigenvalue weighted by Gasteiger charge is -2.20. The van der Waals surface area contributed by atoms with Crippen molar-refractivity contribution in [1.29, 1.82) is 0 Å². The van der Waals surface area contributed by atoms with Gasteiger partial charge in [0.2, 0.25) is 0 Å². The minimum Gasteiger partial charge on any atom is -0.295 e. The third-order valence-corrected chi connectivity index (χ3v) is 5.34. The zero-order valence-electron chi connectivity index (χ0n) is 14.1. The molecule has 6 heteroatoms. The van der Waals surface area contributed by atoms with Crippen molar-refractivity contribution in [1.82, 2.24) is 0 Å². The molecule has 128 valence electrons. The molecule has 0 radical (unpaired) electrons. The topological polar surface area (TPSA) is 63.2 Å². The molecular weight excluding hydrogens is 346 g/mol. The minimum atomic E-state index is -3.77. The summed E-state index contributed by atoms with van der Waals surface area (Å²) in [6.45, 7) is 7.59. The van der Waals surface area contributed by atoms with E-state index >= 15 is 0 Å². The molecule has 0 aromatic heterocycles. The first kappa shape index (κ1) is 18.5. The van der Waals surface area contributed by atoms with Gasteiger partial charge in [0.05, 0.1) is 15.6 Å². The smallest absolute Gasteiger partial charge is 0.261 e. The molecular formula is C18H20ClNO3S. The number of halogens is 1. The number of carbonyl (C=O) groups excluding carboxylic acids is 1. The average Bonchev–Trinajstić information content (AvgIpc) is 2.48. The van der Waals surface area contributed by atoms with Crippen LogP contribution in [0.25, 0.3) is 0 Å². The Hall–Kier alpha value is -1.85. The number of Topliss-reactive ketones (excluding diaryl/α,β-unsaturated/α-hetero) is 1. The number of ketones is 1. The maximum atomic E-state index is 12.5. The normalized spacial score (nSPS) is 12.0. The zero-order chi connectivity index (χ0) is 18.1. The van der Waals surface area contributed by atoms with Crippen LogP contribution >= 0.6 is 11.6 Å². The third-order valence-electron chi connectivity index (χ3n) is 3.65. The highest BCUT2D eigenvalue weighted by Crippen LogP contribution is 2.31. The fraction of sp³-hybridized carbons (Fsp3) is 0.278. The molecule has 0 fully saturated rings. The molecule has 0 amide bonds. The van der Waals surface area contributed by atoms with Crippen molar-refractivity contribution in [2.45, 2.75) is 38.0 Å². The molecule has 1 N–H and O–H groups in total. The van der Waals surface area contributed by atoms with E-state index in [4.69, 9.17) is 11.6 Å². The number of nitrogens with one attached hydrogen (secondary N) is 1. The maximum Gasteiger partial charge on any atom is 0.261 e. The predicted octanol–water partition coefficient (Wildman–Crippen LogP) is 4.64. The quantitative estimate of drug-likeness (QED) is 0.802. The van der Waals surface area contributed by atoms with Gasteiger partial charge in [0, 0.05) is 5.56 Å². The monoisotopic (exact) mass is 365 g/mol. The first-order chi connectivity index (χ1) is 11.0. The lowest BCUT2D eigenvalue weighted by Crippen LogP contribution is -2.15. The number of rotatable bonds is 4. The summed E-state index contributed by atoms with van der Waals surface area (Å²) in [5.74, 6) is -0.118. The molecule has 0 saturated carbocycles. The Morgan fingerprint density at radius 1 is 1.04 bits per heavy atom. The molecule has 0 heterocycles. The molecule has 2 aromatic rings. The largest absolute Gasteiger partial charge is 0.295 e. The van der Waals surface area contributed by atoms with E-state index in [0.717, 1.165) is 5.56 Å². The van der Waals surface area contributed by atoms with Crippen molar-refractivity contribution in [3.8, 4) is 0 Å². The van der Waals surface area contributed by atoms with Gasteiger partial charge in [0.15, 0.2) is 5.78 Å². The molecule has 0 aliphatic carbocycles. The van der Waals surface area contributed by atoms with Gasteiger partial charge in [-0.05, 0) is 42.2 Å². The summed E-state index contributed by atoms with van der Waals surface area (Å²) in [7, 11) is -3.77. The molecule has 0 aliphatic rings. The van der Waals surface area contributed by atoms with Crippen molar-refractivity contribution >= 4 is 33.1 Å². The molecule has 0 atom stereocenters. The first-order valence-corrected chi connectivity index (χ1v) is 9.31. The van der Waals surface area contributed by atoms with Crippen LogP contribution < -0.4 is 4.72 Å². The van der Waals surface area contributed by atoms with Crippen LogP contribution in [0.5, 0.6) is 0 Å². The van der Waals surface area contributed by atoms with Gasteiger partial charge in [-0.15, -0.1) is 0 Å². The summed E-state index contributed by atoms with van der Waals surface area (Å²) in [4.78, 5) is 11.3. The number of benzene rings is 2. The van der Waals surface area contributed by atoms with Crippen molar-refractivity contribution in [2.75, 3.05) is 4.72 Å². The molecule has 24 heavy (non-hydrogen) atoms. The third kappa shape index (κ3) is 4.16. The highest BCUT2D eigenvalue weighted by atomic mass is 35.5. The summed E-state index contributed by atoms with van der Waals surface area (Å²) in [6.07, 6.45) is 0. The van der Waals surface area contributed by atoms with E-state index in [0.29, 0.717) is 16.3 Å². The van der Waals surface area contributed by atoms with Crippen LogP contribution in [0.1, 0.15) is 43.6 Å². The standard InChI is InChI=1S/C18H20ClNO3S/c1-12(21)13-5-8-15(9-6-13)24(22,23)20-17-10-7-14(11-16(17)19)18(2,3)4/h5-11,20H,1-4H3. The van der Waals surface area contributed by atoms with E-state index in [9.17, 15) is 13.2 Å². The van der Waals surface area contributed by atoms with Crippen LogP contribution in [0.4, 0.5) is 5.69 Å². The molecule has 2 aromatic carbocycles.